The first-order valence-electron chi connectivity index (χ1n) is 6.06. The van der Waals surface area contributed by atoms with Gasteiger partial charge in [0.05, 0.1) is 13.2 Å². The van der Waals surface area contributed by atoms with Crippen molar-refractivity contribution in [2.24, 2.45) is 0 Å². The number of amides is 2. The summed E-state index contributed by atoms with van der Waals surface area (Å²) in [5.74, 6) is -0.292. The third-order valence-electron chi connectivity index (χ3n) is 2.88. The van der Waals surface area contributed by atoms with Crippen molar-refractivity contribution in [3.8, 4) is 0 Å². The van der Waals surface area contributed by atoms with Gasteiger partial charge in [-0.1, -0.05) is 0 Å². The van der Waals surface area contributed by atoms with Gasteiger partial charge in [-0.15, -0.1) is 0 Å². The maximum absolute atomic E-state index is 12.1. The fourth-order valence-electron chi connectivity index (χ4n) is 1.85. The Labute approximate surface area is 110 Å². The Morgan fingerprint density at radius 3 is 2.79 bits per heavy atom. The number of aromatic nitrogens is 2. The van der Waals surface area contributed by atoms with Crippen LogP contribution in [0.15, 0.2) is 6.07 Å². The van der Waals surface area contributed by atoms with Crippen molar-refractivity contribution in [3.63, 3.8) is 0 Å². The molecule has 8 heteroatoms. The summed E-state index contributed by atoms with van der Waals surface area (Å²) < 4.78 is 5.17. The van der Waals surface area contributed by atoms with Gasteiger partial charge < -0.3 is 20.7 Å². The fourth-order valence-corrected chi connectivity index (χ4v) is 1.85. The zero-order chi connectivity index (χ0) is 13.8. The number of aromatic amines is 1. The minimum absolute atomic E-state index is 0.121. The molecule has 2 heterocycles. The number of ether oxygens (including phenoxy) is 1. The summed E-state index contributed by atoms with van der Waals surface area (Å²) in [4.78, 5) is 25.6. The maximum atomic E-state index is 12.1. The molecule has 0 spiro atoms. The smallest absolute Gasteiger partial charge is 0.270 e. The molecule has 19 heavy (non-hydrogen) atoms. The Hall–Kier alpha value is -2.09. The van der Waals surface area contributed by atoms with Crippen LogP contribution in [0, 0.1) is 0 Å². The number of nitrogens with two attached hydrogens (primary N) is 1. The van der Waals surface area contributed by atoms with Gasteiger partial charge in [-0.05, 0) is 6.92 Å². The van der Waals surface area contributed by atoms with E-state index in [9.17, 15) is 9.59 Å². The zero-order valence-electron chi connectivity index (χ0n) is 10.7. The lowest BCUT2D eigenvalue weighted by atomic mass is 10.2. The third-order valence-corrected chi connectivity index (χ3v) is 2.88. The summed E-state index contributed by atoms with van der Waals surface area (Å²) >= 11 is 0. The first-order valence-corrected chi connectivity index (χ1v) is 6.06. The number of morpholine rings is 1. The van der Waals surface area contributed by atoms with Gasteiger partial charge in [-0.25, -0.2) is 0 Å². The summed E-state index contributed by atoms with van der Waals surface area (Å²) in [6.45, 7) is 3.81. The van der Waals surface area contributed by atoms with E-state index in [1.165, 1.54) is 6.07 Å². The van der Waals surface area contributed by atoms with Crippen molar-refractivity contribution in [1.29, 1.82) is 0 Å². The van der Waals surface area contributed by atoms with E-state index in [1.54, 1.807) is 11.8 Å². The van der Waals surface area contributed by atoms with E-state index in [-0.39, 0.29) is 17.4 Å². The first-order chi connectivity index (χ1) is 9.08. The van der Waals surface area contributed by atoms with Crippen LogP contribution in [0.5, 0.6) is 0 Å². The summed E-state index contributed by atoms with van der Waals surface area (Å²) in [5, 5.41) is 8.77. The Kier molecular flexibility index (Phi) is 4.00. The van der Waals surface area contributed by atoms with Crippen molar-refractivity contribution >= 4 is 17.6 Å². The van der Waals surface area contributed by atoms with Crippen molar-refractivity contribution in [2.75, 3.05) is 32.0 Å². The van der Waals surface area contributed by atoms with Crippen LogP contribution in [0.1, 0.15) is 17.4 Å². The van der Waals surface area contributed by atoms with Crippen LogP contribution >= 0.6 is 0 Å². The second kappa shape index (κ2) is 5.70. The molecule has 1 saturated heterocycles. The molecule has 0 aliphatic carbocycles. The SMILES string of the molecule is CC(NC(=O)c1cc(N)n[nH]1)C(=O)N1CCOCC1. The molecule has 4 N–H and O–H groups in total. The minimum Gasteiger partial charge on any atom is -0.382 e. The lowest BCUT2D eigenvalue weighted by Gasteiger charge is -2.29. The number of nitrogen functional groups attached to an aromatic ring is 1. The van der Waals surface area contributed by atoms with Crippen LogP contribution < -0.4 is 11.1 Å². The Morgan fingerprint density at radius 2 is 2.21 bits per heavy atom. The van der Waals surface area contributed by atoms with E-state index in [4.69, 9.17) is 10.5 Å². The molecule has 1 aliphatic heterocycles. The van der Waals surface area contributed by atoms with Gasteiger partial charge >= 0.3 is 0 Å². The molecule has 1 unspecified atom stereocenters. The standard InChI is InChI=1S/C11H17N5O3/c1-7(11(18)16-2-4-19-5-3-16)13-10(17)8-6-9(12)15-14-8/h6-7H,2-5H2,1H3,(H,13,17)(H3,12,14,15). The van der Waals surface area contributed by atoms with E-state index in [2.05, 4.69) is 15.5 Å². The molecule has 2 amide bonds. The molecule has 0 bridgehead atoms. The van der Waals surface area contributed by atoms with Gasteiger partial charge in [0.15, 0.2) is 0 Å². The van der Waals surface area contributed by atoms with E-state index in [0.717, 1.165) is 0 Å². The number of hydrogen-bond donors (Lipinski definition) is 3. The molecule has 0 radical (unpaired) electrons. The number of nitrogens with one attached hydrogen (secondary N) is 2. The number of carbonyl (C=O) groups is 2. The van der Waals surface area contributed by atoms with Crippen LogP contribution in [-0.4, -0.2) is 59.3 Å². The molecule has 1 aliphatic rings. The number of nitrogens with zero attached hydrogens (tertiary/aromatic N) is 2. The molecule has 1 atom stereocenters. The van der Waals surface area contributed by atoms with Gasteiger partial charge in [0, 0.05) is 19.2 Å². The lowest BCUT2D eigenvalue weighted by molar-refractivity contribution is -0.136. The van der Waals surface area contributed by atoms with Crippen molar-refractivity contribution in [3.05, 3.63) is 11.8 Å². The summed E-state index contributed by atoms with van der Waals surface area (Å²) in [6, 6.07) is 0.816. The average Bonchev–Trinajstić information content (AvgIpc) is 2.85. The van der Waals surface area contributed by atoms with Crippen LogP contribution in [0.4, 0.5) is 5.82 Å². The summed E-state index contributed by atoms with van der Waals surface area (Å²) in [7, 11) is 0. The van der Waals surface area contributed by atoms with Gasteiger partial charge in [-0.2, -0.15) is 5.10 Å². The normalized spacial score (nSPS) is 17.0. The van der Waals surface area contributed by atoms with E-state index < -0.39 is 11.9 Å². The predicted octanol–water partition coefficient (Wildman–Crippen LogP) is -1.03. The van der Waals surface area contributed by atoms with Crippen LogP contribution in [0.25, 0.3) is 0 Å². The molecule has 1 fully saturated rings. The van der Waals surface area contributed by atoms with Gasteiger partial charge in [-0.3, -0.25) is 14.7 Å². The highest BCUT2D eigenvalue weighted by molar-refractivity contribution is 5.96. The number of anilines is 1. The number of carbonyl (C=O) groups excluding carboxylic acids is 2. The Morgan fingerprint density at radius 1 is 1.53 bits per heavy atom. The molecule has 8 nitrogen and oxygen atoms in total. The second-order valence-electron chi connectivity index (χ2n) is 4.34. The molecule has 104 valence electrons. The summed E-state index contributed by atoms with van der Waals surface area (Å²) in [6.07, 6.45) is 0. The molecular formula is C11H17N5O3. The Bertz CT molecular complexity index is 467. The van der Waals surface area contributed by atoms with Crippen molar-refractivity contribution < 1.29 is 14.3 Å². The highest BCUT2D eigenvalue weighted by Gasteiger charge is 2.24. The van der Waals surface area contributed by atoms with Crippen LogP contribution in [-0.2, 0) is 9.53 Å². The maximum Gasteiger partial charge on any atom is 0.270 e. The topological polar surface area (TPSA) is 113 Å². The fraction of sp³-hybridized carbons (Fsp3) is 0.545. The van der Waals surface area contributed by atoms with E-state index >= 15 is 0 Å². The van der Waals surface area contributed by atoms with Crippen LogP contribution in [0.2, 0.25) is 0 Å². The zero-order valence-corrected chi connectivity index (χ0v) is 10.7. The van der Waals surface area contributed by atoms with Crippen molar-refractivity contribution in [2.45, 2.75) is 13.0 Å². The first kappa shape index (κ1) is 13.3. The minimum atomic E-state index is -0.602. The largest absolute Gasteiger partial charge is 0.382 e. The van der Waals surface area contributed by atoms with Gasteiger partial charge in [0.2, 0.25) is 5.91 Å². The molecule has 2 rings (SSSR count). The number of hydrogen-bond acceptors (Lipinski definition) is 5. The molecular weight excluding hydrogens is 250 g/mol. The number of rotatable bonds is 3. The summed E-state index contributed by atoms with van der Waals surface area (Å²) in [5.41, 5.74) is 5.65. The third kappa shape index (κ3) is 3.22. The Balaban J connectivity index is 1.91. The lowest BCUT2D eigenvalue weighted by Crippen LogP contribution is -2.50. The molecule has 0 saturated carbocycles. The van der Waals surface area contributed by atoms with E-state index in [0.29, 0.717) is 26.3 Å². The van der Waals surface area contributed by atoms with Gasteiger partial charge in [0.25, 0.3) is 5.91 Å². The molecule has 0 aromatic carbocycles. The average molecular weight is 267 g/mol. The number of H-pyrrole nitrogens is 1. The quantitative estimate of drug-likeness (QED) is 0.648. The second-order valence-corrected chi connectivity index (χ2v) is 4.34. The van der Waals surface area contributed by atoms with E-state index in [1.807, 2.05) is 0 Å². The predicted molar refractivity (Wildman–Crippen MR) is 67.3 cm³/mol. The molecule has 1 aromatic rings. The monoisotopic (exact) mass is 267 g/mol. The highest BCUT2D eigenvalue weighted by Crippen LogP contribution is 2.03. The molecule has 1 aromatic heterocycles. The van der Waals surface area contributed by atoms with Gasteiger partial charge in [0.1, 0.15) is 17.6 Å². The van der Waals surface area contributed by atoms with Crippen molar-refractivity contribution in [1.82, 2.24) is 20.4 Å². The highest BCUT2D eigenvalue weighted by atomic mass is 16.5. The van der Waals surface area contributed by atoms with Crippen LogP contribution in [0.3, 0.4) is 0 Å².